The number of nitrogens with zero attached hydrogens (tertiary/aromatic N) is 3. The lowest BCUT2D eigenvalue weighted by Crippen LogP contribution is -2.34. The molecule has 0 aliphatic heterocycles. The molecule has 0 unspecified atom stereocenters. The van der Waals surface area contributed by atoms with Crippen LogP contribution >= 0.6 is 0 Å². The Morgan fingerprint density at radius 2 is 1.95 bits per heavy atom. The van der Waals surface area contributed by atoms with E-state index in [1.165, 1.54) is 0 Å². The highest BCUT2D eigenvalue weighted by Gasteiger charge is 2.12. The first-order chi connectivity index (χ1) is 9.52. The Balaban J connectivity index is 2.37. The molecule has 1 aromatic heterocycles. The number of fused-ring (bicyclic) bond motifs is 1. The molecule has 0 bridgehead atoms. The molecule has 0 saturated heterocycles. The third kappa shape index (κ3) is 2.88. The fourth-order valence-electron chi connectivity index (χ4n) is 2.02. The van der Waals surface area contributed by atoms with Crippen LogP contribution in [0.5, 0.6) is 0 Å². The highest BCUT2D eigenvalue weighted by molar-refractivity contribution is 5.85. The summed E-state index contributed by atoms with van der Waals surface area (Å²) in [5, 5.41) is 1.06. The van der Waals surface area contributed by atoms with E-state index in [4.69, 9.17) is 5.73 Å². The van der Waals surface area contributed by atoms with Crippen LogP contribution in [0.2, 0.25) is 0 Å². The van der Waals surface area contributed by atoms with Crippen LogP contribution in [0.15, 0.2) is 30.3 Å². The van der Waals surface area contributed by atoms with Gasteiger partial charge in [0.25, 0.3) is 0 Å². The number of aromatic nitrogens is 1. The second-order valence-corrected chi connectivity index (χ2v) is 5.01. The summed E-state index contributed by atoms with van der Waals surface area (Å²) in [5.41, 5.74) is 7.75. The molecule has 0 spiro atoms. The molecule has 2 rings (SSSR count). The Morgan fingerprint density at radius 3 is 2.60 bits per heavy atom. The number of pyridine rings is 1. The van der Waals surface area contributed by atoms with E-state index in [1.54, 1.807) is 19.0 Å². The van der Waals surface area contributed by atoms with Crippen LogP contribution in [-0.4, -0.2) is 43.5 Å². The number of nitrogens with two attached hydrogens (primary N) is 1. The molecule has 2 aromatic rings. The molecular formula is C15H20N4O. The number of rotatable bonds is 4. The standard InChI is InChI=1S/C15H20N4O/c1-18(2)15(20)10-19(3)14-8-11(9-16)12-6-4-5-7-13(12)17-14/h4-8H,9-10,16H2,1-3H3. The topological polar surface area (TPSA) is 62.5 Å². The van der Waals surface area contributed by atoms with Crippen LogP contribution in [0, 0.1) is 0 Å². The summed E-state index contributed by atoms with van der Waals surface area (Å²) in [6.07, 6.45) is 0. The Labute approximate surface area is 119 Å². The van der Waals surface area contributed by atoms with Crippen molar-refractivity contribution >= 4 is 22.6 Å². The second kappa shape index (κ2) is 5.88. The number of likely N-dealkylation sites (N-methyl/N-ethyl adjacent to an activating group) is 2. The molecule has 20 heavy (non-hydrogen) atoms. The molecular weight excluding hydrogens is 252 g/mol. The Morgan fingerprint density at radius 1 is 1.25 bits per heavy atom. The first kappa shape index (κ1) is 14.3. The van der Waals surface area contributed by atoms with E-state index in [9.17, 15) is 4.79 Å². The Bertz CT molecular complexity index is 624. The van der Waals surface area contributed by atoms with Crippen molar-refractivity contribution in [2.45, 2.75) is 6.54 Å². The van der Waals surface area contributed by atoms with Gasteiger partial charge < -0.3 is 15.5 Å². The summed E-state index contributed by atoms with van der Waals surface area (Å²) in [6, 6.07) is 9.84. The minimum atomic E-state index is 0.0387. The summed E-state index contributed by atoms with van der Waals surface area (Å²) < 4.78 is 0. The lowest BCUT2D eigenvalue weighted by Gasteiger charge is -2.21. The summed E-state index contributed by atoms with van der Waals surface area (Å²) in [5.74, 6) is 0.802. The Kier molecular flexibility index (Phi) is 4.20. The van der Waals surface area contributed by atoms with Crippen molar-refractivity contribution in [2.24, 2.45) is 5.73 Å². The minimum absolute atomic E-state index is 0.0387. The molecule has 0 fully saturated rings. The van der Waals surface area contributed by atoms with Gasteiger partial charge in [-0.3, -0.25) is 4.79 Å². The van der Waals surface area contributed by atoms with Crippen molar-refractivity contribution < 1.29 is 4.79 Å². The van der Waals surface area contributed by atoms with Crippen molar-refractivity contribution in [2.75, 3.05) is 32.6 Å². The summed E-state index contributed by atoms with van der Waals surface area (Å²) in [6.45, 7) is 0.744. The van der Waals surface area contributed by atoms with Gasteiger partial charge in [0.15, 0.2) is 0 Å². The number of anilines is 1. The van der Waals surface area contributed by atoms with Gasteiger partial charge in [-0.2, -0.15) is 0 Å². The van der Waals surface area contributed by atoms with Gasteiger partial charge in [-0.25, -0.2) is 4.98 Å². The largest absolute Gasteiger partial charge is 0.350 e. The summed E-state index contributed by atoms with van der Waals surface area (Å²) >= 11 is 0. The zero-order valence-corrected chi connectivity index (χ0v) is 12.1. The zero-order chi connectivity index (χ0) is 14.7. The maximum atomic E-state index is 11.8. The zero-order valence-electron chi connectivity index (χ0n) is 12.1. The van der Waals surface area contributed by atoms with E-state index in [-0.39, 0.29) is 5.91 Å². The maximum Gasteiger partial charge on any atom is 0.241 e. The smallest absolute Gasteiger partial charge is 0.241 e. The van der Waals surface area contributed by atoms with Gasteiger partial charge in [0.05, 0.1) is 12.1 Å². The van der Waals surface area contributed by atoms with Crippen LogP contribution in [-0.2, 0) is 11.3 Å². The predicted octanol–water partition coefficient (Wildman–Crippen LogP) is 1.22. The normalized spacial score (nSPS) is 10.6. The van der Waals surface area contributed by atoms with Crippen molar-refractivity contribution in [3.63, 3.8) is 0 Å². The molecule has 106 valence electrons. The molecule has 0 atom stereocenters. The van der Waals surface area contributed by atoms with Gasteiger partial charge in [-0.05, 0) is 17.7 Å². The number of hydrogen-bond donors (Lipinski definition) is 1. The van der Waals surface area contributed by atoms with Crippen LogP contribution in [0.25, 0.3) is 10.9 Å². The first-order valence-corrected chi connectivity index (χ1v) is 6.53. The third-order valence-corrected chi connectivity index (χ3v) is 3.27. The molecule has 1 heterocycles. The molecule has 1 aromatic carbocycles. The van der Waals surface area contributed by atoms with Crippen LogP contribution in [0.4, 0.5) is 5.82 Å². The van der Waals surface area contributed by atoms with Crippen LogP contribution in [0.1, 0.15) is 5.56 Å². The predicted molar refractivity (Wildman–Crippen MR) is 81.6 cm³/mol. The highest BCUT2D eigenvalue weighted by atomic mass is 16.2. The van der Waals surface area contributed by atoms with Crippen LogP contribution < -0.4 is 10.6 Å². The lowest BCUT2D eigenvalue weighted by atomic mass is 10.1. The number of hydrogen-bond acceptors (Lipinski definition) is 4. The molecule has 0 aliphatic rings. The van der Waals surface area contributed by atoms with Gasteiger partial charge in [0, 0.05) is 33.1 Å². The SMILES string of the molecule is CN(C)C(=O)CN(C)c1cc(CN)c2ccccc2n1. The number of benzene rings is 1. The summed E-state index contributed by atoms with van der Waals surface area (Å²) in [4.78, 5) is 19.8. The number of para-hydroxylation sites is 1. The maximum absolute atomic E-state index is 11.8. The number of carbonyl (C=O) groups is 1. The number of carbonyl (C=O) groups excluding carboxylic acids is 1. The van der Waals surface area contributed by atoms with E-state index >= 15 is 0 Å². The third-order valence-electron chi connectivity index (χ3n) is 3.27. The van der Waals surface area contributed by atoms with E-state index in [0.29, 0.717) is 13.1 Å². The van der Waals surface area contributed by atoms with E-state index < -0.39 is 0 Å². The second-order valence-electron chi connectivity index (χ2n) is 5.01. The average molecular weight is 272 g/mol. The van der Waals surface area contributed by atoms with E-state index in [2.05, 4.69) is 4.98 Å². The molecule has 0 radical (unpaired) electrons. The fraction of sp³-hybridized carbons (Fsp3) is 0.333. The van der Waals surface area contributed by atoms with Crippen molar-refractivity contribution in [1.82, 2.24) is 9.88 Å². The molecule has 5 heteroatoms. The Hall–Kier alpha value is -2.14. The van der Waals surface area contributed by atoms with Gasteiger partial charge in [-0.1, -0.05) is 18.2 Å². The molecule has 5 nitrogen and oxygen atoms in total. The van der Waals surface area contributed by atoms with Gasteiger partial charge in [0.2, 0.25) is 5.91 Å². The van der Waals surface area contributed by atoms with E-state index in [0.717, 1.165) is 22.3 Å². The van der Waals surface area contributed by atoms with Crippen LogP contribution in [0.3, 0.4) is 0 Å². The van der Waals surface area contributed by atoms with Crippen molar-refractivity contribution in [3.05, 3.63) is 35.9 Å². The van der Waals surface area contributed by atoms with Gasteiger partial charge >= 0.3 is 0 Å². The van der Waals surface area contributed by atoms with Crippen molar-refractivity contribution in [1.29, 1.82) is 0 Å². The summed E-state index contributed by atoms with van der Waals surface area (Å²) in [7, 11) is 5.35. The van der Waals surface area contributed by atoms with Gasteiger partial charge in [-0.15, -0.1) is 0 Å². The van der Waals surface area contributed by atoms with Gasteiger partial charge in [0.1, 0.15) is 5.82 Å². The first-order valence-electron chi connectivity index (χ1n) is 6.53. The minimum Gasteiger partial charge on any atom is -0.350 e. The lowest BCUT2D eigenvalue weighted by molar-refractivity contribution is -0.127. The molecule has 0 aliphatic carbocycles. The fourth-order valence-corrected chi connectivity index (χ4v) is 2.02. The van der Waals surface area contributed by atoms with E-state index in [1.807, 2.05) is 42.3 Å². The quantitative estimate of drug-likeness (QED) is 0.909. The molecule has 1 amide bonds. The molecule has 2 N–H and O–H groups in total. The highest BCUT2D eigenvalue weighted by Crippen LogP contribution is 2.22. The van der Waals surface area contributed by atoms with Crippen molar-refractivity contribution in [3.8, 4) is 0 Å². The average Bonchev–Trinajstić information content (AvgIpc) is 2.45. The molecule has 0 saturated carbocycles. The monoisotopic (exact) mass is 272 g/mol. The number of amides is 1.